The van der Waals surface area contributed by atoms with Gasteiger partial charge in [-0.1, -0.05) is 11.6 Å². The highest BCUT2D eigenvalue weighted by molar-refractivity contribution is 6.32. The van der Waals surface area contributed by atoms with Crippen LogP contribution in [0.1, 0.15) is 50.5 Å². The summed E-state index contributed by atoms with van der Waals surface area (Å²) in [5.41, 5.74) is 0.814. The van der Waals surface area contributed by atoms with Gasteiger partial charge in [-0.05, 0) is 79.9 Å². The molecule has 31 heavy (non-hydrogen) atoms. The van der Waals surface area contributed by atoms with E-state index in [1.54, 1.807) is 0 Å². The maximum absolute atomic E-state index is 12.5. The number of ether oxygens (including phenoxy) is 1. The lowest BCUT2D eigenvalue weighted by Crippen LogP contribution is -2.48. The normalized spacial score (nSPS) is 27.9. The molecule has 2 N–H and O–H groups in total. The number of rotatable bonds is 7. The molecule has 4 fully saturated rings. The Morgan fingerprint density at radius 3 is 2.32 bits per heavy atom. The molecule has 0 atom stereocenters. The van der Waals surface area contributed by atoms with Gasteiger partial charge in [0, 0.05) is 12.1 Å². The molecule has 4 aliphatic rings. The first-order valence-corrected chi connectivity index (χ1v) is 11.1. The van der Waals surface area contributed by atoms with Gasteiger partial charge in [0.1, 0.15) is 12.6 Å². The van der Waals surface area contributed by atoms with Gasteiger partial charge in [0.25, 0.3) is 5.91 Å². The number of anilines is 1. The topological polar surface area (TPSA) is 108 Å². The Balaban J connectivity index is 1.17. The van der Waals surface area contributed by atoms with E-state index in [2.05, 4.69) is 10.6 Å². The molecular formula is C23H26ClN3O4. The zero-order valence-corrected chi connectivity index (χ0v) is 18.0. The second kappa shape index (κ2) is 8.88. The highest BCUT2D eigenvalue weighted by Crippen LogP contribution is 2.61. The van der Waals surface area contributed by atoms with Crippen molar-refractivity contribution < 1.29 is 19.1 Å². The van der Waals surface area contributed by atoms with Crippen molar-refractivity contribution in [1.82, 2.24) is 5.32 Å². The molecule has 5 rings (SSSR count). The van der Waals surface area contributed by atoms with Gasteiger partial charge < -0.3 is 15.4 Å². The minimum absolute atomic E-state index is 0.115. The number of esters is 1. The summed E-state index contributed by atoms with van der Waals surface area (Å²) in [7, 11) is 0. The molecule has 8 heteroatoms. The molecule has 4 aliphatic carbocycles. The van der Waals surface area contributed by atoms with Crippen LogP contribution in [0.15, 0.2) is 18.2 Å². The summed E-state index contributed by atoms with van der Waals surface area (Å²) in [4.78, 5) is 36.3. The molecule has 4 saturated carbocycles. The van der Waals surface area contributed by atoms with Crippen LogP contribution in [0.25, 0.3) is 0 Å². The van der Waals surface area contributed by atoms with Crippen LogP contribution in [-0.4, -0.2) is 30.9 Å². The third kappa shape index (κ3) is 5.19. The SMILES string of the molecule is N#Cc1ccc(NC(=O)COC(=O)CNC(=O)CC23CC4CC(CC(C4)C2)C3)cc1Cl. The molecule has 0 saturated heterocycles. The van der Waals surface area contributed by atoms with E-state index in [0.717, 1.165) is 37.0 Å². The van der Waals surface area contributed by atoms with Gasteiger partial charge in [-0.15, -0.1) is 0 Å². The van der Waals surface area contributed by atoms with Crippen LogP contribution in [0.5, 0.6) is 0 Å². The fourth-order valence-electron chi connectivity index (χ4n) is 6.16. The molecule has 0 aliphatic heterocycles. The van der Waals surface area contributed by atoms with Gasteiger partial charge in [-0.2, -0.15) is 5.26 Å². The molecule has 4 bridgehead atoms. The Bertz CT molecular complexity index is 904. The van der Waals surface area contributed by atoms with Crippen LogP contribution in [-0.2, 0) is 19.1 Å². The molecule has 2 amide bonds. The van der Waals surface area contributed by atoms with Crippen LogP contribution in [0, 0.1) is 34.5 Å². The molecule has 7 nitrogen and oxygen atoms in total. The van der Waals surface area contributed by atoms with E-state index in [0.29, 0.717) is 17.7 Å². The highest BCUT2D eigenvalue weighted by Gasteiger charge is 2.51. The monoisotopic (exact) mass is 443 g/mol. The maximum Gasteiger partial charge on any atom is 0.325 e. The van der Waals surface area contributed by atoms with Crippen molar-refractivity contribution in [3.05, 3.63) is 28.8 Å². The van der Waals surface area contributed by atoms with Crippen molar-refractivity contribution in [2.45, 2.75) is 44.9 Å². The van der Waals surface area contributed by atoms with Crippen LogP contribution < -0.4 is 10.6 Å². The summed E-state index contributed by atoms with van der Waals surface area (Å²) >= 11 is 5.92. The van der Waals surface area contributed by atoms with E-state index in [1.165, 1.54) is 37.5 Å². The fourth-order valence-corrected chi connectivity index (χ4v) is 6.38. The lowest BCUT2D eigenvalue weighted by Gasteiger charge is -2.56. The zero-order valence-electron chi connectivity index (χ0n) is 17.3. The smallest absolute Gasteiger partial charge is 0.325 e. The molecule has 0 heterocycles. The fraction of sp³-hybridized carbons (Fsp3) is 0.565. The molecule has 0 spiro atoms. The van der Waals surface area contributed by atoms with E-state index in [1.807, 2.05) is 6.07 Å². The van der Waals surface area contributed by atoms with Gasteiger partial charge in [0.2, 0.25) is 5.91 Å². The Kier molecular flexibility index (Phi) is 6.19. The highest BCUT2D eigenvalue weighted by atomic mass is 35.5. The number of nitrogens with one attached hydrogen (secondary N) is 2. The maximum atomic E-state index is 12.5. The number of benzene rings is 1. The number of carbonyl (C=O) groups is 3. The molecule has 1 aromatic carbocycles. The summed E-state index contributed by atoms with van der Waals surface area (Å²) in [5.74, 6) is 1.01. The average molecular weight is 444 g/mol. The summed E-state index contributed by atoms with van der Waals surface area (Å²) < 4.78 is 4.94. The Labute approximate surface area is 186 Å². The summed E-state index contributed by atoms with van der Waals surface area (Å²) in [6, 6.07) is 6.41. The first kappa shape index (κ1) is 21.6. The standard InChI is InChI=1S/C23H26ClN3O4/c24-19-6-18(2-1-17(19)11-25)27-21(29)13-31-22(30)12-26-20(28)10-23-7-14-3-15(8-23)5-16(4-14)9-23/h1-2,6,14-16H,3-5,7-10,12-13H2,(H,26,28)(H,27,29). The van der Waals surface area contributed by atoms with Gasteiger partial charge in [-0.3, -0.25) is 14.4 Å². The van der Waals surface area contributed by atoms with E-state index in [4.69, 9.17) is 21.6 Å². The predicted molar refractivity (Wildman–Crippen MR) is 114 cm³/mol. The van der Waals surface area contributed by atoms with Crippen LogP contribution >= 0.6 is 11.6 Å². The first-order valence-electron chi connectivity index (χ1n) is 10.8. The summed E-state index contributed by atoms with van der Waals surface area (Å²) in [6.07, 6.45) is 7.85. The Hall–Kier alpha value is -2.59. The van der Waals surface area contributed by atoms with Crippen LogP contribution in [0.4, 0.5) is 5.69 Å². The first-order chi connectivity index (χ1) is 14.8. The van der Waals surface area contributed by atoms with Crippen molar-refractivity contribution in [3.63, 3.8) is 0 Å². The zero-order chi connectivity index (χ0) is 22.0. The van der Waals surface area contributed by atoms with Crippen LogP contribution in [0.2, 0.25) is 5.02 Å². The van der Waals surface area contributed by atoms with Gasteiger partial charge >= 0.3 is 5.97 Å². The number of nitrogens with zero attached hydrogens (tertiary/aromatic N) is 1. The van der Waals surface area contributed by atoms with Crippen molar-refractivity contribution in [2.75, 3.05) is 18.5 Å². The number of hydrogen-bond donors (Lipinski definition) is 2. The number of nitriles is 1. The Morgan fingerprint density at radius 2 is 1.74 bits per heavy atom. The molecular weight excluding hydrogens is 418 g/mol. The second-order valence-electron chi connectivity index (χ2n) is 9.39. The molecule has 0 aromatic heterocycles. The lowest BCUT2D eigenvalue weighted by atomic mass is 9.49. The predicted octanol–water partition coefficient (Wildman–Crippen LogP) is 3.42. The number of hydrogen-bond acceptors (Lipinski definition) is 5. The molecule has 164 valence electrons. The van der Waals surface area contributed by atoms with E-state index in [-0.39, 0.29) is 22.9 Å². The average Bonchev–Trinajstić information content (AvgIpc) is 2.69. The molecule has 0 radical (unpaired) electrons. The largest absolute Gasteiger partial charge is 0.454 e. The quantitative estimate of drug-likeness (QED) is 0.627. The third-order valence-electron chi connectivity index (χ3n) is 6.87. The molecule has 1 aromatic rings. The van der Waals surface area contributed by atoms with E-state index in [9.17, 15) is 14.4 Å². The van der Waals surface area contributed by atoms with Crippen molar-refractivity contribution in [2.24, 2.45) is 23.2 Å². The third-order valence-corrected chi connectivity index (χ3v) is 7.18. The minimum atomic E-state index is -0.660. The molecule has 0 unspecified atom stereocenters. The summed E-state index contributed by atoms with van der Waals surface area (Å²) in [5, 5.41) is 14.3. The van der Waals surface area contributed by atoms with Gasteiger partial charge in [0.15, 0.2) is 6.61 Å². The number of amides is 2. The van der Waals surface area contributed by atoms with Crippen LogP contribution in [0.3, 0.4) is 0 Å². The van der Waals surface area contributed by atoms with E-state index < -0.39 is 18.5 Å². The van der Waals surface area contributed by atoms with Gasteiger partial charge in [0.05, 0.1) is 10.6 Å². The number of carbonyl (C=O) groups excluding carboxylic acids is 3. The van der Waals surface area contributed by atoms with Crippen molar-refractivity contribution in [1.29, 1.82) is 5.26 Å². The van der Waals surface area contributed by atoms with Crippen molar-refractivity contribution in [3.8, 4) is 6.07 Å². The Morgan fingerprint density at radius 1 is 1.10 bits per heavy atom. The van der Waals surface area contributed by atoms with Gasteiger partial charge in [-0.25, -0.2) is 0 Å². The van der Waals surface area contributed by atoms with Crippen molar-refractivity contribution >= 4 is 35.1 Å². The minimum Gasteiger partial charge on any atom is -0.454 e. The van der Waals surface area contributed by atoms with E-state index >= 15 is 0 Å². The second-order valence-corrected chi connectivity index (χ2v) is 9.79. The lowest BCUT2D eigenvalue weighted by molar-refractivity contribution is -0.147. The number of halogens is 1. The summed E-state index contributed by atoms with van der Waals surface area (Å²) in [6.45, 7) is -0.720.